The van der Waals surface area contributed by atoms with Crippen LogP contribution in [0.2, 0.25) is 0 Å². The van der Waals surface area contributed by atoms with Crippen molar-refractivity contribution in [2.24, 2.45) is 5.92 Å². The standard InChI is InChI=1S/C19H28N2O3/c1-14(2)15-5-7-17(8-6-15)24-13-18(22)21-11-9-16(10-12-21)19(23)20(3)4/h5-8,14,16H,9-13H2,1-4H3. The number of amides is 2. The number of ether oxygens (including phenoxy) is 1. The minimum Gasteiger partial charge on any atom is -0.484 e. The minimum absolute atomic E-state index is 0.0151. The second-order valence-electron chi connectivity index (χ2n) is 6.90. The van der Waals surface area contributed by atoms with Crippen molar-refractivity contribution in [3.63, 3.8) is 0 Å². The fourth-order valence-corrected chi connectivity index (χ4v) is 2.93. The molecule has 0 unspecified atom stereocenters. The van der Waals surface area contributed by atoms with Crippen LogP contribution in [0.15, 0.2) is 24.3 Å². The molecule has 1 heterocycles. The second kappa shape index (κ2) is 8.18. The molecule has 0 saturated carbocycles. The van der Waals surface area contributed by atoms with Gasteiger partial charge in [-0.2, -0.15) is 0 Å². The Labute approximate surface area is 144 Å². The molecule has 0 radical (unpaired) electrons. The number of rotatable bonds is 5. The number of carbonyl (C=O) groups excluding carboxylic acids is 2. The first-order chi connectivity index (χ1) is 11.4. The molecule has 2 amide bonds. The van der Waals surface area contributed by atoms with Crippen LogP contribution < -0.4 is 4.74 Å². The molecule has 0 N–H and O–H groups in total. The van der Waals surface area contributed by atoms with Crippen LogP contribution in [0, 0.1) is 5.92 Å². The maximum atomic E-state index is 12.3. The van der Waals surface area contributed by atoms with E-state index in [-0.39, 0.29) is 24.3 Å². The van der Waals surface area contributed by atoms with Crippen molar-refractivity contribution < 1.29 is 14.3 Å². The molecule has 0 spiro atoms. The fourth-order valence-electron chi connectivity index (χ4n) is 2.93. The average Bonchev–Trinajstić information content (AvgIpc) is 2.59. The van der Waals surface area contributed by atoms with Gasteiger partial charge in [-0.15, -0.1) is 0 Å². The molecule has 0 atom stereocenters. The zero-order valence-electron chi connectivity index (χ0n) is 15.1. The molecule has 5 nitrogen and oxygen atoms in total. The smallest absolute Gasteiger partial charge is 0.260 e. The first-order valence-electron chi connectivity index (χ1n) is 8.60. The lowest BCUT2D eigenvalue weighted by molar-refractivity contribution is -0.140. The molecular formula is C19H28N2O3. The Kier molecular flexibility index (Phi) is 6.23. The van der Waals surface area contributed by atoms with Crippen LogP contribution in [0.4, 0.5) is 0 Å². The van der Waals surface area contributed by atoms with E-state index in [4.69, 9.17) is 4.74 Å². The summed E-state index contributed by atoms with van der Waals surface area (Å²) < 4.78 is 5.60. The highest BCUT2D eigenvalue weighted by molar-refractivity contribution is 5.80. The molecule has 132 valence electrons. The third kappa shape index (κ3) is 4.73. The SMILES string of the molecule is CC(C)c1ccc(OCC(=O)N2CCC(C(=O)N(C)C)CC2)cc1. The first kappa shape index (κ1) is 18.3. The molecule has 0 aromatic heterocycles. The van der Waals surface area contributed by atoms with E-state index in [1.165, 1.54) is 5.56 Å². The summed E-state index contributed by atoms with van der Waals surface area (Å²) in [7, 11) is 3.55. The van der Waals surface area contributed by atoms with E-state index in [0.717, 1.165) is 12.8 Å². The lowest BCUT2D eigenvalue weighted by Gasteiger charge is -2.32. The van der Waals surface area contributed by atoms with Crippen LogP contribution in [0.3, 0.4) is 0 Å². The highest BCUT2D eigenvalue weighted by Crippen LogP contribution is 2.20. The Hall–Kier alpha value is -2.04. The Bertz CT molecular complexity index is 558. The minimum atomic E-state index is -0.0151. The monoisotopic (exact) mass is 332 g/mol. The van der Waals surface area contributed by atoms with Gasteiger partial charge in [0.25, 0.3) is 5.91 Å². The Morgan fingerprint density at radius 1 is 1.17 bits per heavy atom. The van der Waals surface area contributed by atoms with E-state index in [0.29, 0.717) is 24.8 Å². The summed E-state index contributed by atoms with van der Waals surface area (Å²) in [4.78, 5) is 27.6. The van der Waals surface area contributed by atoms with Gasteiger partial charge in [-0.25, -0.2) is 0 Å². The molecule has 24 heavy (non-hydrogen) atoms. The summed E-state index contributed by atoms with van der Waals surface area (Å²) in [6.07, 6.45) is 1.46. The third-order valence-corrected chi connectivity index (χ3v) is 4.55. The number of piperidine rings is 1. The molecule has 1 aliphatic rings. The summed E-state index contributed by atoms with van der Waals surface area (Å²) >= 11 is 0. The summed E-state index contributed by atoms with van der Waals surface area (Å²) in [5.41, 5.74) is 1.25. The van der Waals surface area contributed by atoms with Crippen LogP contribution >= 0.6 is 0 Å². The number of hydrogen-bond acceptors (Lipinski definition) is 3. The predicted octanol–water partition coefficient (Wildman–Crippen LogP) is 2.52. The molecule has 1 aliphatic heterocycles. The van der Waals surface area contributed by atoms with Gasteiger partial charge >= 0.3 is 0 Å². The van der Waals surface area contributed by atoms with Crippen molar-refractivity contribution in [2.45, 2.75) is 32.6 Å². The van der Waals surface area contributed by atoms with Crippen LogP contribution in [0.5, 0.6) is 5.75 Å². The molecule has 1 aromatic rings. The molecule has 1 fully saturated rings. The predicted molar refractivity (Wildman–Crippen MR) is 94.0 cm³/mol. The van der Waals surface area contributed by atoms with Crippen LogP contribution in [-0.4, -0.2) is 55.4 Å². The molecule has 1 saturated heterocycles. The van der Waals surface area contributed by atoms with E-state index >= 15 is 0 Å². The van der Waals surface area contributed by atoms with Crippen molar-refractivity contribution in [3.05, 3.63) is 29.8 Å². The summed E-state index contributed by atoms with van der Waals surface area (Å²) in [6, 6.07) is 7.88. The van der Waals surface area contributed by atoms with E-state index in [1.807, 2.05) is 24.3 Å². The number of nitrogens with zero attached hydrogens (tertiary/aromatic N) is 2. The Morgan fingerprint density at radius 2 is 1.75 bits per heavy atom. The average molecular weight is 332 g/mol. The van der Waals surface area contributed by atoms with Crippen molar-refractivity contribution in [3.8, 4) is 5.75 Å². The summed E-state index contributed by atoms with van der Waals surface area (Å²) in [5, 5.41) is 0. The highest BCUT2D eigenvalue weighted by atomic mass is 16.5. The lowest BCUT2D eigenvalue weighted by Crippen LogP contribution is -2.44. The maximum Gasteiger partial charge on any atom is 0.260 e. The third-order valence-electron chi connectivity index (χ3n) is 4.55. The summed E-state index contributed by atoms with van der Waals surface area (Å²) in [5.74, 6) is 1.37. The van der Waals surface area contributed by atoms with Gasteiger partial charge in [0.05, 0.1) is 0 Å². The van der Waals surface area contributed by atoms with Crippen LogP contribution in [0.1, 0.15) is 38.2 Å². The molecular weight excluding hydrogens is 304 g/mol. The van der Waals surface area contributed by atoms with Gasteiger partial charge < -0.3 is 14.5 Å². The topological polar surface area (TPSA) is 49.9 Å². The number of benzene rings is 1. The maximum absolute atomic E-state index is 12.3. The van der Waals surface area contributed by atoms with Crippen molar-refractivity contribution in [1.82, 2.24) is 9.80 Å². The number of likely N-dealkylation sites (tertiary alicyclic amines) is 1. The molecule has 0 bridgehead atoms. The largest absolute Gasteiger partial charge is 0.484 e. The zero-order chi connectivity index (χ0) is 17.7. The molecule has 0 aliphatic carbocycles. The highest BCUT2D eigenvalue weighted by Gasteiger charge is 2.28. The van der Waals surface area contributed by atoms with E-state index in [1.54, 1.807) is 23.9 Å². The normalized spacial score (nSPS) is 15.5. The van der Waals surface area contributed by atoms with E-state index < -0.39 is 0 Å². The van der Waals surface area contributed by atoms with Gasteiger partial charge in [-0.3, -0.25) is 9.59 Å². The van der Waals surface area contributed by atoms with Crippen molar-refractivity contribution >= 4 is 11.8 Å². The molecule has 5 heteroatoms. The van der Waals surface area contributed by atoms with Crippen molar-refractivity contribution in [2.75, 3.05) is 33.8 Å². The molecule has 2 rings (SSSR count). The van der Waals surface area contributed by atoms with Gasteiger partial charge in [-0.05, 0) is 36.5 Å². The van der Waals surface area contributed by atoms with Crippen molar-refractivity contribution in [1.29, 1.82) is 0 Å². The zero-order valence-corrected chi connectivity index (χ0v) is 15.1. The quantitative estimate of drug-likeness (QED) is 0.832. The number of hydrogen-bond donors (Lipinski definition) is 0. The summed E-state index contributed by atoms with van der Waals surface area (Å²) in [6.45, 7) is 5.58. The van der Waals surface area contributed by atoms with Gasteiger partial charge in [-0.1, -0.05) is 26.0 Å². The fraction of sp³-hybridized carbons (Fsp3) is 0.579. The van der Waals surface area contributed by atoms with Crippen LogP contribution in [-0.2, 0) is 9.59 Å². The number of carbonyl (C=O) groups is 2. The van der Waals surface area contributed by atoms with Gasteiger partial charge in [0.2, 0.25) is 5.91 Å². The Morgan fingerprint density at radius 3 is 2.25 bits per heavy atom. The van der Waals surface area contributed by atoms with Gasteiger partial charge in [0, 0.05) is 33.1 Å². The molecule has 1 aromatic carbocycles. The van der Waals surface area contributed by atoms with E-state index in [9.17, 15) is 9.59 Å². The van der Waals surface area contributed by atoms with Crippen LogP contribution in [0.25, 0.3) is 0 Å². The van der Waals surface area contributed by atoms with E-state index in [2.05, 4.69) is 13.8 Å². The Balaban J connectivity index is 1.78. The first-order valence-corrected chi connectivity index (χ1v) is 8.60. The second-order valence-corrected chi connectivity index (χ2v) is 6.90. The van der Waals surface area contributed by atoms with Gasteiger partial charge in [0.1, 0.15) is 5.75 Å². The lowest BCUT2D eigenvalue weighted by atomic mass is 9.95. The van der Waals surface area contributed by atoms with Gasteiger partial charge in [0.15, 0.2) is 6.61 Å².